The van der Waals surface area contributed by atoms with Crippen molar-refractivity contribution in [2.45, 2.75) is 31.8 Å². The average molecular weight is 260 g/mol. The summed E-state index contributed by atoms with van der Waals surface area (Å²) in [4.78, 5) is 0. The molecule has 1 aromatic carbocycles. The first-order valence-corrected chi connectivity index (χ1v) is 6.82. The minimum Gasteiger partial charge on any atom is -0.494 e. The lowest BCUT2D eigenvalue weighted by Crippen LogP contribution is -2.07. The van der Waals surface area contributed by atoms with Crippen LogP contribution in [0.5, 0.6) is 5.75 Å². The first-order chi connectivity index (χ1) is 9.38. The Kier molecular flexibility index (Phi) is 5.74. The Morgan fingerprint density at radius 2 is 2.37 bits per heavy atom. The summed E-state index contributed by atoms with van der Waals surface area (Å²) in [6, 6.07) is 7.64. The van der Waals surface area contributed by atoms with Gasteiger partial charge in [-0.1, -0.05) is 17.9 Å². The number of hydrogen-bond donors (Lipinski definition) is 1. The summed E-state index contributed by atoms with van der Waals surface area (Å²) in [6.45, 7) is 1.50. The van der Waals surface area contributed by atoms with Crippen LogP contribution in [-0.2, 0) is 4.74 Å². The lowest BCUT2D eigenvalue weighted by Gasteiger charge is -2.10. The molecule has 0 amide bonds. The van der Waals surface area contributed by atoms with Crippen LogP contribution in [0, 0.1) is 11.8 Å². The number of rotatable bonds is 5. The van der Waals surface area contributed by atoms with E-state index in [0.717, 1.165) is 30.8 Å². The Balaban J connectivity index is 1.72. The number of aliphatic hydroxyl groups is 1. The number of benzene rings is 1. The molecule has 0 radical (unpaired) electrons. The van der Waals surface area contributed by atoms with Crippen LogP contribution >= 0.6 is 0 Å². The normalized spacial score (nSPS) is 17.8. The molecule has 0 aliphatic carbocycles. The molecule has 1 saturated heterocycles. The third kappa shape index (κ3) is 4.94. The summed E-state index contributed by atoms with van der Waals surface area (Å²) in [6.07, 6.45) is 4.90. The summed E-state index contributed by atoms with van der Waals surface area (Å²) in [5.41, 5.74) is 0.866. The number of ether oxygens (including phenoxy) is 2. The van der Waals surface area contributed by atoms with Gasteiger partial charge in [-0.15, -0.1) is 0 Å². The molecule has 2 rings (SSSR count). The zero-order valence-corrected chi connectivity index (χ0v) is 11.1. The monoisotopic (exact) mass is 260 g/mol. The highest BCUT2D eigenvalue weighted by atomic mass is 16.5. The van der Waals surface area contributed by atoms with Crippen LogP contribution in [-0.4, -0.2) is 31.0 Å². The summed E-state index contributed by atoms with van der Waals surface area (Å²) < 4.78 is 11.3. The molecule has 102 valence electrons. The molecule has 0 spiro atoms. The van der Waals surface area contributed by atoms with Gasteiger partial charge in [-0.25, -0.2) is 0 Å². The molecule has 0 bridgehead atoms. The Morgan fingerprint density at radius 3 is 3.16 bits per heavy atom. The molecule has 0 saturated carbocycles. The highest BCUT2D eigenvalue weighted by Crippen LogP contribution is 2.18. The van der Waals surface area contributed by atoms with Crippen molar-refractivity contribution in [2.24, 2.45) is 0 Å². The smallest absolute Gasteiger partial charge is 0.120 e. The average Bonchev–Trinajstić information content (AvgIpc) is 2.95. The lowest BCUT2D eigenvalue weighted by atomic mass is 10.1. The van der Waals surface area contributed by atoms with Gasteiger partial charge in [0.05, 0.1) is 12.7 Å². The summed E-state index contributed by atoms with van der Waals surface area (Å²) in [5.74, 6) is 6.33. The van der Waals surface area contributed by atoms with Crippen LogP contribution in [0.4, 0.5) is 0 Å². The highest BCUT2D eigenvalue weighted by molar-refractivity contribution is 5.39. The molecular weight excluding hydrogens is 240 g/mol. The van der Waals surface area contributed by atoms with Gasteiger partial charge in [-0.05, 0) is 43.9 Å². The molecule has 1 aliphatic heterocycles. The van der Waals surface area contributed by atoms with Gasteiger partial charge in [-0.3, -0.25) is 0 Å². The number of aliphatic hydroxyl groups excluding tert-OH is 1. The molecule has 1 atom stereocenters. The molecule has 0 aromatic heterocycles. The largest absolute Gasteiger partial charge is 0.494 e. The maximum atomic E-state index is 8.66. The van der Waals surface area contributed by atoms with E-state index in [1.54, 1.807) is 0 Å². The van der Waals surface area contributed by atoms with Crippen LogP contribution in [0.15, 0.2) is 24.3 Å². The van der Waals surface area contributed by atoms with Gasteiger partial charge in [0, 0.05) is 12.2 Å². The molecule has 1 unspecified atom stereocenters. The first kappa shape index (κ1) is 13.9. The predicted octanol–water partition coefficient (Wildman–Crippen LogP) is 2.37. The molecule has 1 heterocycles. The van der Waals surface area contributed by atoms with Crippen LogP contribution < -0.4 is 4.74 Å². The van der Waals surface area contributed by atoms with Crippen LogP contribution in [0.1, 0.15) is 31.2 Å². The summed E-state index contributed by atoms with van der Waals surface area (Å²) in [5, 5.41) is 8.66. The van der Waals surface area contributed by atoms with E-state index < -0.39 is 0 Å². The molecule has 3 nitrogen and oxygen atoms in total. The Hall–Kier alpha value is -1.50. The van der Waals surface area contributed by atoms with Gasteiger partial charge in [-0.2, -0.15) is 0 Å². The van der Waals surface area contributed by atoms with Crippen molar-refractivity contribution in [2.75, 3.05) is 19.8 Å². The van der Waals surface area contributed by atoms with Gasteiger partial charge in [0.15, 0.2) is 0 Å². The van der Waals surface area contributed by atoms with E-state index in [4.69, 9.17) is 14.6 Å². The van der Waals surface area contributed by atoms with Crippen molar-refractivity contribution in [3.63, 3.8) is 0 Å². The Bertz CT molecular complexity index is 439. The van der Waals surface area contributed by atoms with Gasteiger partial charge in [0.2, 0.25) is 0 Å². The second-order valence-electron chi connectivity index (χ2n) is 4.61. The fourth-order valence-corrected chi connectivity index (χ4v) is 2.18. The van der Waals surface area contributed by atoms with Crippen LogP contribution in [0.25, 0.3) is 0 Å². The van der Waals surface area contributed by atoms with E-state index in [1.165, 1.54) is 12.8 Å². The third-order valence-corrected chi connectivity index (χ3v) is 3.11. The van der Waals surface area contributed by atoms with Gasteiger partial charge < -0.3 is 14.6 Å². The molecule has 19 heavy (non-hydrogen) atoms. The van der Waals surface area contributed by atoms with E-state index in [1.807, 2.05) is 24.3 Å². The fourth-order valence-electron chi connectivity index (χ4n) is 2.18. The molecule has 1 N–H and O–H groups in total. The molecule has 1 aromatic rings. The van der Waals surface area contributed by atoms with Crippen molar-refractivity contribution >= 4 is 0 Å². The van der Waals surface area contributed by atoms with E-state index in [0.29, 0.717) is 12.7 Å². The minimum absolute atomic E-state index is 0.119. The summed E-state index contributed by atoms with van der Waals surface area (Å²) >= 11 is 0. The molecular formula is C16H20O3. The number of hydrogen-bond acceptors (Lipinski definition) is 3. The Labute approximate surface area is 114 Å². The van der Waals surface area contributed by atoms with Crippen molar-refractivity contribution in [1.82, 2.24) is 0 Å². The zero-order chi connectivity index (χ0) is 13.3. The third-order valence-electron chi connectivity index (χ3n) is 3.11. The summed E-state index contributed by atoms with van der Waals surface area (Å²) in [7, 11) is 0. The molecule has 1 fully saturated rings. The first-order valence-electron chi connectivity index (χ1n) is 6.82. The molecule has 3 heteroatoms. The quantitative estimate of drug-likeness (QED) is 0.652. The zero-order valence-electron chi connectivity index (χ0n) is 11.1. The van der Waals surface area contributed by atoms with Crippen LogP contribution in [0.2, 0.25) is 0 Å². The topological polar surface area (TPSA) is 38.7 Å². The van der Waals surface area contributed by atoms with Gasteiger partial charge in [0.25, 0.3) is 0 Å². The molecule has 1 aliphatic rings. The maximum absolute atomic E-state index is 8.66. The second kappa shape index (κ2) is 7.83. The predicted molar refractivity (Wildman–Crippen MR) is 74.1 cm³/mol. The fraction of sp³-hybridized carbons (Fsp3) is 0.500. The van der Waals surface area contributed by atoms with Gasteiger partial charge >= 0.3 is 0 Å². The van der Waals surface area contributed by atoms with E-state index >= 15 is 0 Å². The van der Waals surface area contributed by atoms with E-state index in [9.17, 15) is 0 Å². The SMILES string of the molecule is OCC#Cc1cccc(OCCCC2CCCO2)c1. The van der Waals surface area contributed by atoms with Crippen LogP contribution in [0.3, 0.4) is 0 Å². The highest BCUT2D eigenvalue weighted by Gasteiger charge is 2.14. The lowest BCUT2D eigenvalue weighted by molar-refractivity contribution is 0.0981. The maximum Gasteiger partial charge on any atom is 0.120 e. The van der Waals surface area contributed by atoms with Crippen molar-refractivity contribution in [3.8, 4) is 17.6 Å². The standard InChI is InChI=1S/C16H20O3/c17-10-2-6-14-5-1-7-16(13-14)19-12-4-9-15-8-3-11-18-15/h1,5,7,13,15,17H,3-4,8-12H2. The van der Waals surface area contributed by atoms with E-state index in [-0.39, 0.29) is 6.61 Å². The van der Waals surface area contributed by atoms with Crippen molar-refractivity contribution in [3.05, 3.63) is 29.8 Å². The van der Waals surface area contributed by atoms with Crippen molar-refractivity contribution < 1.29 is 14.6 Å². The van der Waals surface area contributed by atoms with Crippen molar-refractivity contribution in [1.29, 1.82) is 0 Å². The minimum atomic E-state index is -0.119. The van der Waals surface area contributed by atoms with E-state index in [2.05, 4.69) is 11.8 Å². The Morgan fingerprint density at radius 1 is 1.42 bits per heavy atom. The second-order valence-corrected chi connectivity index (χ2v) is 4.61. The van der Waals surface area contributed by atoms with Gasteiger partial charge in [0.1, 0.15) is 12.4 Å².